The topological polar surface area (TPSA) is 19.6 Å². The number of hydrogen-bond donors (Lipinski definition) is 0. The zero-order valence-electron chi connectivity index (χ0n) is 42.2. The summed E-state index contributed by atoms with van der Waals surface area (Å²) in [5, 5.41) is 2.13. The summed E-state index contributed by atoms with van der Waals surface area (Å²) >= 11 is 0. The molecule has 77 heavy (non-hydrogen) atoms. The van der Waals surface area contributed by atoms with Crippen LogP contribution in [-0.4, -0.2) is 0 Å². The molecule has 2 aliphatic carbocycles. The van der Waals surface area contributed by atoms with Gasteiger partial charge in [0, 0.05) is 22.3 Å². The monoisotopic (exact) mass is 982 g/mol. The minimum absolute atomic E-state index is 0.611. The molecule has 0 radical (unpaired) electrons. The van der Waals surface area contributed by atoms with E-state index in [1.165, 1.54) is 66.8 Å². The molecule has 2 aliphatic rings. The number of rotatable bonds is 10. The van der Waals surface area contributed by atoms with Crippen molar-refractivity contribution in [2.24, 2.45) is 0 Å². The van der Waals surface area contributed by atoms with E-state index in [0.29, 0.717) is 0 Å². The fourth-order valence-corrected chi connectivity index (χ4v) is 13.4. The zero-order valence-corrected chi connectivity index (χ0v) is 42.2. The van der Waals surface area contributed by atoms with Gasteiger partial charge in [-0.2, -0.15) is 0 Å². The maximum atomic E-state index is 6.63. The Labute approximate surface area is 448 Å². The van der Waals surface area contributed by atoms with Crippen LogP contribution in [-0.2, 0) is 10.8 Å². The van der Waals surface area contributed by atoms with Gasteiger partial charge in [-0.05, 0) is 122 Å². The fourth-order valence-electron chi connectivity index (χ4n) is 13.4. The predicted octanol–water partition coefficient (Wildman–Crippen LogP) is 19.3. The molecule has 13 aromatic rings. The van der Waals surface area contributed by atoms with Crippen LogP contribution in [0.2, 0.25) is 0 Å². The van der Waals surface area contributed by atoms with E-state index >= 15 is 0 Å². The quantitative estimate of drug-likeness (QED) is 0.136. The van der Waals surface area contributed by atoms with E-state index in [4.69, 9.17) is 4.42 Å². The second-order valence-corrected chi connectivity index (χ2v) is 20.2. The van der Waals surface area contributed by atoms with Gasteiger partial charge in [0.15, 0.2) is 0 Å². The Morgan fingerprint density at radius 3 is 1.27 bits per heavy atom. The normalized spacial score (nSPS) is 13.4. The second kappa shape index (κ2) is 17.9. The van der Waals surface area contributed by atoms with Gasteiger partial charge in [0.05, 0.1) is 39.0 Å². The molecule has 1 aromatic heterocycles. The molecule has 0 saturated carbocycles. The van der Waals surface area contributed by atoms with E-state index in [-0.39, 0.29) is 0 Å². The van der Waals surface area contributed by atoms with Gasteiger partial charge in [0.2, 0.25) is 0 Å². The lowest BCUT2D eigenvalue weighted by Crippen LogP contribution is -2.29. The van der Waals surface area contributed by atoms with Crippen molar-refractivity contribution >= 4 is 56.1 Å². The first-order valence-electron chi connectivity index (χ1n) is 26.6. The molecule has 0 unspecified atom stereocenters. The van der Waals surface area contributed by atoms with Crippen LogP contribution in [0.3, 0.4) is 0 Å². The summed E-state index contributed by atoms with van der Waals surface area (Å²) in [6.07, 6.45) is 0. The minimum atomic E-state index is -0.620. The Balaban J connectivity index is 1.06. The van der Waals surface area contributed by atoms with Crippen LogP contribution in [0, 0.1) is 0 Å². The smallest absolute Gasteiger partial charge is 0.137 e. The molecule has 0 fully saturated rings. The van der Waals surface area contributed by atoms with Gasteiger partial charge < -0.3 is 14.2 Å². The molecule has 0 N–H and O–H groups in total. The third-order valence-corrected chi connectivity index (χ3v) is 16.4. The number of benzene rings is 12. The Kier molecular flexibility index (Phi) is 10.3. The van der Waals surface area contributed by atoms with Crippen molar-refractivity contribution in [3.63, 3.8) is 0 Å². The molecule has 0 saturated heterocycles. The van der Waals surface area contributed by atoms with Crippen LogP contribution < -0.4 is 9.80 Å². The summed E-state index contributed by atoms with van der Waals surface area (Å²) in [5.41, 5.74) is 21.5. The average Bonchev–Trinajstić information content (AvgIpc) is 4.27. The van der Waals surface area contributed by atoms with E-state index in [9.17, 15) is 0 Å². The third-order valence-electron chi connectivity index (χ3n) is 16.4. The summed E-state index contributed by atoms with van der Waals surface area (Å²) in [6.45, 7) is 0. The van der Waals surface area contributed by atoms with Crippen molar-refractivity contribution in [2.45, 2.75) is 10.8 Å². The largest absolute Gasteiger partial charge is 0.456 e. The number of fused-ring (bicyclic) bond motifs is 9. The Morgan fingerprint density at radius 2 is 0.649 bits per heavy atom. The van der Waals surface area contributed by atoms with Crippen molar-refractivity contribution < 1.29 is 4.42 Å². The number of nitrogens with zero attached hydrogens (tertiary/aromatic N) is 2. The van der Waals surface area contributed by atoms with Crippen molar-refractivity contribution in [1.29, 1.82) is 0 Å². The molecule has 12 aromatic carbocycles. The van der Waals surface area contributed by atoms with E-state index in [1.54, 1.807) is 0 Å². The van der Waals surface area contributed by atoms with E-state index in [1.807, 2.05) is 6.07 Å². The summed E-state index contributed by atoms with van der Waals surface area (Å²) in [5.74, 6) is 0. The third kappa shape index (κ3) is 6.57. The number of hydrogen-bond acceptors (Lipinski definition) is 3. The molecule has 362 valence electrons. The highest BCUT2D eigenvalue weighted by Crippen LogP contribution is 2.62. The van der Waals surface area contributed by atoms with Gasteiger partial charge in [-0.15, -0.1) is 0 Å². The lowest BCUT2D eigenvalue weighted by Gasteiger charge is -2.37. The first kappa shape index (κ1) is 44.5. The van der Waals surface area contributed by atoms with Gasteiger partial charge in [-0.25, -0.2) is 0 Å². The number of para-hydroxylation sites is 4. The molecule has 0 aliphatic heterocycles. The molecule has 1 heterocycles. The second-order valence-electron chi connectivity index (χ2n) is 20.2. The predicted molar refractivity (Wildman–Crippen MR) is 318 cm³/mol. The van der Waals surface area contributed by atoms with Crippen molar-refractivity contribution in [1.82, 2.24) is 0 Å². The van der Waals surface area contributed by atoms with E-state index in [0.717, 1.165) is 56.1 Å². The highest BCUT2D eigenvalue weighted by Gasteiger charge is 2.49. The summed E-state index contributed by atoms with van der Waals surface area (Å²) in [4.78, 5) is 4.98. The van der Waals surface area contributed by atoms with Crippen molar-refractivity contribution in [2.75, 3.05) is 9.80 Å². The Bertz CT molecular complexity index is 4270. The average molecular weight is 983 g/mol. The van der Waals surface area contributed by atoms with Crippen LogP contribution >= 0.6 is 0 Å². The molecule has 0 spiro atoms. The molecular weight excluding hydrogens is 933 g/mol. The Morgan fingerprint density at radius 1 is 0.260 bits per heavy atom. The van der Waals surface area contributed by atoms with Gasteiger partial charge in [0.1, 0.15) is 11.2 Å². The lowest BCUT2D eigenvalue weighted by atomic mass is 9.67. The molecule has 3 heteroatoms. The van der Waals surface area contributed by atoms with Crippen LogP contribution in [0.4, 0.5) is 34.1 Å². The van der Waals surface area contributed by atoms with E-state index < -0.39 is 10.8 Å². The highest BCUT2D eigenvalue weighted by molar-refractivity contribution is 6.14. The first-order chi connectivity index (χ1) is 38.2. The van der Waals surface area contributed by atoms with E-state index in [2.05, 4.69) is 307 Å². The number of anilines is 6. The Hall–Kier alpha value is -9.96. The minimum Gasteiger partial charge on any atom is -0.456 e. The van der Waals surface area contributed by atoms with Crippen LogP contribution in [0.15, 0.2) is 308 Å². The molecule has 0 bridgehead atoms. The summed E-state index contributed by atoms with van der Waals surface area (Å²) in [6, 6.07) is 111. The van der Waals surface area contributed by atoms with Crippen molar-refractivity contribution in [3.8, 4) is 22.3 Å². The zero-order chi connectivity index (χ0) is 50.9. The van der Waals surface area contributed by atoms with Crippen LogP contribution in [0.1, 0.15) is 44.5 Å². The first-order valence-corrected chi connectivity index (χ1v) is 26.6. The van der Waals surface area contributed by atoms with Gasteiger partial charge >= 0.3 is 0 Å². The molecule has 15 rings (SSSR count). The molecule has 0 atom stereocenters. The molecule has 3 nitrogen and oxygen atoms in total. The maximum absolute atomic E-state index is 6.63. The SMILES string of the molecule is c1ccc(N(c2ccccc2N(c2cccc(C3(c4ccccc4)c4ccccc4-c4ccccc43)c2)c2cccc3c2-c2ccccc2C3(c2ccccc2)c2ccccc2)c2cccc3oc4ccccc4c23)cc1. The molecular formula is C74H50N2O. The highest BCUT2D eigenvalue weighted by atomic mass is 16.3. The standard InChI is InChI=1S/C74H50N2O/c1-5-26-51(27-6-1)73(52-28-7-2-8-29-52)63-42-19-15-38-59(63)71-64(73)43-24-46-67(71)76(56-35-23-32-54(50-56)74(53-30-9-3-10-31-53)61-40-17-13-36-57(61)58-37-14-18-41-62(58)74)66-45-21-20-44-65(66)75(55-33-11-4-12-34-55)68-47-25-49-70-72(68)60-39-16-22-48-69(60)77-70/h1-50H. The van der Waals surface area contributed by atoms with Crippen LogP contribution in [0.25, 0.3) is 44.2 Å². The van der Waals surface area contributed by atoms with Crippen LogP contribution in [0.5, 0.6) is 0 Å². The fraction of sp³-hybridized carbons (Fsp3) is 0.0270. The molecule has 0 amide bonds. The maximum Gasteiger partial charge on any atom is 0.137 e. The number of furan rings is 1. The van der Waals surface area contributed by atoms with Gasteiger partial charge in [-0.3, -0.25) is 0 Å². The van der Waals surface area contributed by atoms with Gasteiger partial charge in [-0.1, -0.05) is 243 Å². The lowest BCUT2D eigenvalue weighted by molar-refractivity contribution is 0.669. The van der Waals surface area contributed by atoms with Gasteiger partial charge in [0.25, 0.3) is 0 Å². The van der Waals surface area contributed by atoms with Crippen molar-refractivity contribution in [3.05, 3.63) is 348 Å². The summed E-state index contributed by atoms with van der Waals surface area (Å²) in [7, 11) is 0. The summed E-state index contributed by atoms with van der Waals surface area (Å²) < 4.78 is 6.63.